The van der Waals surface area contributed by atoms with Gasteiger partial charge >= 0.3 is 5.97 Å². The third-order valence-corrected chi connectivity index (χ3v) is 2.83. The number of amides is 1. The third kappa shape index (κ3) is 5.30. The number of hydrogen-bond acceptors (Lipinski definition) is 4. The van der Waals surface area contributed by atoms with Gasteiger partial charge in [-0.25, -0.2) is 0 Å². The Bertz CT molecular complexity index is 460. The smallest absolute Gasteiger partial charge is 0.305 e. The average molecular weight is 278 g/mol. The lowest BCUT2D eigenvalue weighted by Gasteiger charge is -2.23. The van der Waals surface area contributed by atoms with E-state index in [1.165, 1.54) is 6.92 Å². The van der Waals surface area contributed by atoms with Crippen LogP contribution in [0, 0.1) is 0 Å². The highest BCUT2D eigenvalue weighted by Crippen LogP contribution is 2.19. The number of nitrogens with one attached hydrogen (secondary N) is 1. The van der Waals surface area contributed by atoms with Crippen LogP contribution in [-0.2, 0) is 14.3 Å². The van der Waals surface area contributed by atoms with Gasteiger partial charge in [0.1, 0.15) is 6.61 Å². The van der Waals surface area contributed by atoms with Crippen LogP contribution in [0.25, 0.3) is 0 Å². The highest BCUT2D eigenvalue weighted by molar-refractivity contribution is 5.89. The number of hydrogen-bond donors (Lipinski definition) is 1. The van der Waals surface area contributed by atoms with Gasteiger partial charge in [-0.05, 0) is 25.1 Å². The molecule has 0 fully saturated rings. The fourth-order valence-corrected chi connectivity index (χ4v) is 1.83. The fraction of sp³-hybridized carbons (Fsp3) is 0.467. The quantitative estimate of drug-likeness (QED) is 0.778. The first kappa shape index (κ1) is 16.0. The highest BCUT2D eigenvalue weighted by Gasteiger charge is 2.07. The van der Waals surface area contributed by atoms with E-state index < -0.39 is 0 Å². The summed E-state index contributed by atoms with van der Waals surface area (Å²) in [5.41, 5.74) is 1.75. The molecule has 110 valence electrons. The number of nitrogens with zero attached hydrogens (tertiary/aromatic N) is 1. The van der Waals surface area contributed by atoms with Crippen LogP contribution in [0.15, 0.2) is 24.3 Å². The van der Waals surface area contributed by atoms with Gasteiger partial charge < -0.3 is 15.0 Å². The normalized spacial score (nSPS) is 9.95. The van der Waals surface area contributed by atoms with Crippen LogP contribution in [0.1, 0.15) is 27.2 Å². The molecule has 1 aromatic carbocycles. The first-order valence-electron chi connectivity index (χ1n) is 6.85. The summed E-state index contributed by atoms with van der Waals surface area (Å²) in [4.78, 5) is 24.3. The second-order valence-corrected chi connectivity index (χ2v) is 4.39. The Balaban J connectivity index is 2.64. The number of esters is 1. The monoisotopic (exact) mass is 278 g/mol. The molecule has 5 nitrogen and oxygen atoms in total. The minimum atomic E-state index is -0.187. The van der Waals surface area contributed by atoms with Crippen molar-refractivity contribution in [2.45, 2.75) is 27.2 Å². The maximum atomic E-state index is 11.1. The number of ether oxygens (including phenoxy) is 1. The highest BCUT2D eigenvalue weighted by atomic mass is 16.5. The van der Waals surface area contributed by atoms with Crippen LogP contribution >= 0.6 is 0 Å². The van der Waals surface area contributed by atoms with Crippen LogP contribution in [0.4, 0.5) is 11.4 Å². The van der Waals surface area contributed by atoms with Gasteiger partial charge in [0.2, 0.25) is 5.91 Å². The summed E-state index contributed by atoms with van der Waals surface area (Å²) in [5.74, 6) is -0.282. The number of anilines is 2. The molecule has 0 saturated carbocycles. The molecular formula is C15H22N2O3. The topological polar surface area (TPSA) is 58.6 Å². The molecule has 0 aliphatic rings. The van der Waals surface area contributed by atoms with E-state index in [1.54, 1.807) is 6.92 Å². The first-order valence-corrected chi connectivity index (χ1v) is 6.85. The Kier molecular flexibility index (Phi) is 6.56. The van der Waals surface area contributed by atoms with Crippen molar-refractivity contribution in [2.24, 2.45) is 0 Å². The molecule has 0 spiro atoms. The Morgan fingerprint density at radius 2 is 2.05 bits per heavy atom. The molecule has 0 bridgehead atoms. The fourth-order valence-electron chi connectivity index (χ4n) is 1.83. The standard InChI is InChI=1S/C15H22N2O3/c1-4-15(19)20-10-9-17(5-2)14-8-6-7-13(11-14)16-12(3)18/h6-8,11H,4-5,9-10H2,1-3H3,(H,16,18). The zero-order chi connectivity index (χ0) is 15.0. The van der Waals surface area contributed by atoms with Crippen molar-refractivity contribution in [1.82, 2.24) is 0 Å². The molecule has 20 heavy (non-hydrogen) atoms. The maximum absolute atomic E-state index is 11.1. The molecule has 0 radical (unpaired) electrons. The van der Waals surface area contributed by atoms with Gasteiger partial charge in [-0.3, -0.25) is 9.59 Å². The van der Waals surface area contributed by atoms with E-state index in [0.29, 0.717) is 19.6 Å². The zero-order valence-electron chi connectivity index (χ0n) is 12.3. The lowest BCUT2D eigenvalue weighted by atomic mass is 10.2. The molecule has 0 unspecified atom stereocenters. The lowest BCUT2D eigenvalue weighted by molar-refractivity contribution is -0.142. The van der Waals surface area contributed by atoms with Gasteiger partial charge in [-0.15, -0.1) is 0 Å². The van der Waals surface area contributed by atoms with E-state index in [2.05, 4.69) is 10.2 Å². The number of carbonyl (C=O) groups is 2. The van der Waals surface area contributed by atoms with Crippen LogP contribution < -0.4 is 10.2 Å². The third-order valence-electron chi connectivity index (χ3n) is 2.83. The molecule has 0 heterocycles. The molecular weight excluding hydrogens is 256 g/mol. The van der Waals surface area contributed by atoms with Crippen molar-refractivity contribution < 1.29 is 14.3 Å². The van der Waals surface area contributed by atoms with E-state index in [4.69, 9.17) is 4.74 Å². The SMILES string of the molecule is CCC(=O)OCCN(CC)c1cccc(NC(C)=O)c1. The maximum Gasteiger partial charge on any atom is 0.305 e. The van der Waals surface area contributed by atoms with E-state index in [0.717, 1.165) is 17.9 Å². The first-order chi connectivity index (χ1) is 9.56. The summed E-state index contributed by atoms with van der Waals surface area (Å²) >= 11 is 0. The molecule has 0 aliphatic heterocycles. The van der Waals surface area contributed by atoms with Crippen LogP contribution in [-0.4, -0.2) is 31.6 Å². The summed E-state index contributed by atoms with van der Waals surface area (Å²) in [6.45, 7) is 7.09. The van der Waals surface area contributed by atoms with E-state index in [9.17, 15) is 9.59 Å². The molecule has 1 aromatic rings. The van der Waals surface area contributed by atoms with E-state index in [-0.39, 0.29) is 11.9 Å². The lowest BCUT2D eigenvalue weighted by Crippen LogP contribution is -2.28. The van der Waals surface area contributed by atoms with E-state index >= 15 is 0 Å². The second-order valence-electron chi connectivity index (χ2n) is 4.39. The molecule has 0 atom stereocenters. The summed E-state index contributed by atoms with van der Waals surface area (Å²) in [6.07, 6.45) is 0.393. The largest absolute Gasteiger partial charge is 0.464 e. The molecule has 1 amide bonds. The van der Waals surface area contributed by atoms with Crippen molar-refractivity contribution in [3.63, 3.8) is 0 Å². The van der Waals surface area contributed by atoms with Crippen molar-refractivity contribution in [3.8, 4) is 0 Å². The van der Waals surface area contributed by atoms with Gasteiger partial charge in [0.15, 0.2) is 0 Å². The Hall–Kier alpha value is -2.04. The van der Waals surface area contributed by atoms with Crippen LogP contribution in [0.2, 0.25) is 0 Å². The average Bonchev–Trinajstić information content (AvgIpc) is 2.43. The zero-order valence-corrected chi connectivity index (χ0v) is 12.3. The molecule has 5 heteroatoms. The number of rotatable bonds is 7. The van der Waals surface area contributed by atoms with Gasteiger partial charge in [0.05, 0.1) is 6.54 Å². The second kappa shape index (κ2) is 8.19. The summed E-state index contributed by atoms with van der Waals surface area (Å²) in [7, 11) is 0. The minimum Gasteiger partial charge on any atom is -0.464 e. The number of carbonyl (C=O) groups excluding carboxylic acids is 2. The summed E-state index contributed by atoms with van der Waals surface area (Å²) in [5, 5.41) is 2.76. The van der Waals surface area contributed by atoms with Crippen LogP contribution in [0.3, 0.4) is 0 Å². The van der Waals surface area contributed by atoms with E-state index in [1.807, 2.05) is 31.2 Å². The Labute approximate surface area is 119 Å². The van der Waals surface area contributed by atoms with Crippen molar-refractivity contribution in [2.75, 3.05) is 29.9 Å². The summed E-state index contributed by atoms with van der Waals surface area (Å²) in [6, 6.07) is 7.61. The van der Waals surface area contributed by atoms with Crippen LogP contribution in [0.5, 0.6) is 0 Å². The van der Waals surface area contributed by atoms with Gasteiger partial charge in [0, 0.05) is 31.3 Å². The molecule has 0 saturated heterocycles. The van der Waals surface area contributed by atoms with Crippen molar-refractivity contribution in [3.05, 3.63) is 24.3 Å². The Morgan fingerprint density at radius 3 is 2.65 bits per heavy atom. The number of likely N-dealkylation sites (N-methyl/N-ethyl adjacent to an activating group) is 1. The molecule has 0 aliphatic carbocycles. The van der Waals surface area contributed by atoms with Crippen molar-refractivity contribution >= 4 is 23.3 Å². The molecule has 0 aromatic heterocycles. The van der Waals surface area contributed by atoms with Gasteiger partial charge in [-0.1, -0.05) is 13.0 Å². The number of benzene rings is 1. The van der Waals surface area contributed by atoms with Gasteiger partial charge in [-0.2, -0.15) is 0 Å². The Morgan fingerprint density at radius 1 is 1.30 bits per heavy atom. The minimum absolute atomic E-state index is 0.0953. The van der Waals surface area contributed by atoms with Crippen molar-refractivity contribution in [1.29, 1.82) is 0 Å². The van der Waals surface area contributed by atoms with Gasteiger partial charge in [0.25, 0.3) is 0 Å². The molecule has 1 rings (SSSR count). The summed E-state index contributed by atoms with van der Waals surface area (Å²) < 4.78 is 5.09. The predicted molar refractivity (Wildman–Crippen MR) is 79.9 cm³/mol. The molecule has 1 N–H and O–H groups in total. The predicted octanol–water partition coefficient (Wildman–Crippen LogP) is 2.42.